The SMILES string of the molecule is CCCCCC(=O)OCC1(COC(=O)CCCCC)Cc2cccc3ccc(C4=C(O)C(c5ccc6cccc7c6c5NC(COC(=O)CCCCC)(COC(=O)CCCCC)N7)C4O)c(c23)N1. The summed E-state index contributed by atoms with van der Waals surface area (Å²) in [6, 6.07) is 19.5. The highest BCUT2D eigenvalue weighted by molar-refractivity contribution is 6.08. The summed E-state index contributed by atoms with van der Waals surface area (Å²) in [6.45, 7) is 7.84. The van der Waals surface area contributed by atoms with E-state index in [1.807, 2.05) is 60.7 Å². The van der Waals surface area contributed by atoms with E-state index >= 15 is 0 Å². The van der Waals surface area contributed by atoms with Gasteiger partial charge in [0.05, 0.1) is 23.4 Å². The standard InChI is InChI=1S/C55H71N3O10/c1-5-9-13-23-42(59)65-32-54(33-66-43(60)24-14-10-6-2)31-38-21-17-19-36-27-29-39(50(57-54)46(36)38)48-52(63)49(53(48)64)40-30-28-37-20-18-22-41-47(37)51(40)58-55(56-41,34-67-44(61)25-15-11-7-3)35-68-45(62)26-16-12-8-4/h17-22,27-30,49,52,56-58,63-64H,5-16,23-26,31-35H2,1-4H3. The van der Waals surface area contributed by atoms with E-state index in [1.165, 1.54) is 0 Å². The highest BCUT2D eigenvalue weighted by Gasteiger charge is 2.48. The Balaban J connectivity index is 1.24. The van der Waals surface area contributed by atoms with Crippen LogP contribution in [0.1, 0.15) is 153 Å². The van der Waals surface area contributed by atoms with Crippen LogP contribution < -0.4 is 16.0 Å². The summed E-state index contributed by atoms with van der Waals surface area (Å²) in [7, 11) is 0. The third-order valence-electron chi connectivity index (χ3n) is 13.6. The number of anilines is 3. The molecular weight excluding hydrogens is 863 g/mol. The molecular formula is C55H71N3O10. The van der Waals surface area contributed by atoms with Gasteiger partial charge in [-0.1, -0.05) is 134 Å². The molecule has 13 heteroatoms. The van der Waals surface area contributed by atoms with E-state index in [2.05, 4.69) is 43.6 Å². The highest BCUT2D eigenvalue weighted by atomic mass is 16.6. The van der Waals surface area contributed by atoms with E-state index in [1.54, 1.807) is 0 Å². The molecule has 5 N–H and O–H groups in total. The van der Waals surface area contributed by atoms with Crippen molar-refractivity contribution in [2.24, 2.45) is 0 Å². The van der Waals surface area contributed by atoms with Crippen LogP contribution in [-0.2, 0) is 44.5 Å². The Morgan fingerprint density at radius 3 is 1.60 bits per heavy atom. The molecule has 3 aliphatic rings. The van der Waals surface area contributed by atoms with Gasteiger partial charge in [0.2, 0.25) is 0 Å². The van der Waals surface area contributed by atoms with E-state index in [-0.39, 0.29) is 81.7 Å². The van der Waals surface area contributed by atoms with Crippen LogP contribution in [0.2, 0.25) is 0 Å². The van der Waals surface area contributed by atoms with Crippen molar-refractivity contribution in [2.75, 3.05) is 42.4 Å². The van der Waals surface area contributed by atoms with Crippen LogP contribution in [0.3, 0.4) is 0 Å². The minimum atomic E-state index is -1.28. The molecule has 0 spiro atoms. The highest BCUT2D eigenvalue weighted by Crippen LogP contribution is 2.54. The van der Waals surface area contributed by atoms with Crippen molar-refractivity contribution in [2.45, 2.75) is 160 Å². The van der Waals surface area contributed by atoms with E-state index in [4.69, 9.17) is 18.9 Å². The number of hydrogen-bond donors (Lipinski definition) is 5. The Kier molecular flexibility index (Phi) is 16.9. The van der Waals surface area contributed by atoms with E-state index in [0.29, 0.717) is 65.9 Å². The van der Waals surface area contributed by atoms with Crippen LogP contribution >= 0.6 is 0 Å². The van der Waals surface area contributed by atoms with Crippen molar-refractivity contribution < 1.29 is 48.3 Å². The number of unbranched alkanes of at least 4 members (excludes halogenated alkanes) is 8. The summed E-state index contributed by atoms with van der Waals surface area (Å²) in [5.41, 5.74) is 2.10. The Morgan fingerprint density at radius 1 is 0.574 bits per heavy atom. The number of aliphatic hydroxyl groups is 2. The third-order valence-corrected chi connectivity index (χ3v) is 13.6. The quantitative estimate of drug-likeness (QED) is 0.0228. The van der Waals surface area contributed by atoms with Gasteiger partial charge in [0.25, 0.3) is 0 Å². The number of nitrogens with one attached hydrogen (secondary N) is 3. The van der Waals surface area contributed by atoms with Crippen LogP contribution in [0.15, 0.2) is 66.4 Å². The van der Waals surface area contributed by atoms with Crippen LogP contribution in [0.5, 0.6) is 0 Å². The summed E-state index contributed by atoms with van der Waals surface area (Å²) >= 11 is 0. The monoisotopic (exact) mass is 934 g/mol. The zero-order chi connectivity index (χ0) is 48.3. The number of rotatable bonds is 26. The average Bonchev–Trinajstić information content (AvgIpc) is 3.33. The van der Waals surface area contributed by atoms with Crippen LogP contribution in [0, 0.1) is 0 Å². The normalized spacial score (nSPS) is 17.4. The lowest BCUT2D eigenvalue weighted by Gasteiger charge is -2.44. The fraction of sp³-hybridized carbons (Fsp3) is 0.527. The van der Waals surface area contributed by atoms with Crippen LogP contribution in [-0.4, -0.2) is 77.8 Å². The average molecular weight is 934 g/mol. The molecule has 4 aromatic rings. The molecule has 0 bridgehead atoms. The third kappa shape index (κ3) is 11.4. The second-order valence-corrected chi connectivity index (χ2v) is 19.0. The lowest BCUT2D eigenvalue weighted by molar-refractivity contribution is -0.151. The van der Waals surface area contributed by atoms with Crippen LogP contribution in [0.4, 0.5) is 17.1 Å². The molecule has 0 amide bonds. The van der Waals surface area contributed by atoms with Gasteiger partial charge < -0.3 is 45.1 Å². The Bertz CT molecular complexity index is 2430. The molecule has 13 nitrogen and oxygen atoms in total. The molecule has 4 aromatic carbocycles. The summed E-state index contributed by atoms with van der Waals surface area (Å²) < 4.78 is 23.7. The Labute approximate surface area is 400 Å². The van der Waals surface area contributed by atoms with Crippen molar-refractivity contribution in [3.05, 3.63) is 83.1 Å². The molecule has 2 atom stereocenters. The van der Waals surface area contributed by atoms with E-state index in [9.17, 15) is 29.4 Å². The minimum Gasteiger partial charge on any atom is -0.511 e. The van der Waals surface area contributed by atoms with E-state index < -0.39 is 23.2 Å². The minimum absolute atomic E-state index is 0.0306. The largest absolute Gasteiger partial charge is 0.511 e. The maximum Gasteiger partial charge on any atom is 0.305 e. The van der Waals surface area contributed by atoms with Gasteiger partial charge in [-0.2, -0.15) is 0 Å². The maximum atomic E-state index is 13.1. The first kappa shape index (κ1) is 50.1. The van der Waals surface area contributed by atoms with Gasteiger partial charge in [-0.25, -0.2) is 0 Å². The predicted octanol–water partition coefficient (Wildman–Crippen LogP) is 11.2. The Hall–Kier alpha value is -5.82. The topological polar surface area (TPSA) is 182 Å². The molecule has 366 valence electrons. The first-order valence-corrected chi connectivity index (χ1v) is 25.1. The second kappa shape index (κ2) is 23.0. The number of benzene rings is 4. The first-order chi connectivity index (χ1) is 33.0. The van der Waals surface area contributed by atoms with Gasteiger partial charge in [-0.3, -0.25) is 19.2 Å². The van der Waals surface area contributed by atoms with Crippen LogP contribution in [0.25, 0.3) is 27.1 Å². The predicted molar refractivity (Wildman–Crippen MR) is 267 cm³/mol. The number of esters is 4. The van der Waals surface area contributed by atoms with Gasteiger partial charge in [0.15, 0.2) is 5.66 Å². The fourth-order valence-corrected chi connectivity index (χ4v) is 9.82. The molecule has 0 radical (unpaired) electrons. The van der Waals surface area contributed by atoms with Crippen molar-refractivity contribution in [3.8, 4) is 0 Å². The Morgan fingerprint density at radius 2 is 1.07 bits per heavy atom. The number of aliphatic hydroxyl groups excluding tert-OH is 2. The van der Waals surface area contributed by atoms with Gasteiger partial charge >= 0.3 is 23.9 Å². The molecule has 7 rings (SSSR count). The van der Waals surface area contributed by atoms with Gasteiger partial charge in [-0.15, -0.1) is 0 Å². The molecule has 0 fully saturated rings. The van der Waals surface area contributed by atoms with Crippen molar-refractivity contribution in [1.29, 1.82) is 0 Å². The van der Waals surface area contributed by atoms with E-state index in [0.717, 1.165) is 78.5 Å². The van der Waals surface area contributed by atoms with Gasteiger partial charge in [0.1, 0.15) is 37.7 Å². The molecule has 0 saturated heterocycles. The molecule has 2 heterocycles. The van der Waals surface area contributed by atoms with Crippen molar-refractivity contribution >= 4 is 68.1 Å². The lowest BCUT2D eigenvalue weighted by atomic mass is 9.71. The molecule has 2 unspecified atom stereocenters. The van der Waals surface area contributed by atoms with Crippen molar-refractivity contribution in [3.63, 3.8) is 0 Å². The summed E-state index contributed by atoms with van der Waals surface area (Å²) in [4.78, 5) is 52.3. The number of carbonyl (C=O) groups is 4. The lowest BCUT2D eigenvalue weighted by Crippen LogP contribution is -2.56. The summed E-state index contributed by atoms with van der Waals surface area (Å²) in [5, 5.41) is 39.1. The molecule has 2 aliphatic heterocycles. The summed E-state index contributed by atoms with van der Waals surface area (Å²) in [6.07, 6.45) is 10.6. The molecule has 68 heavy (non-hydrogen) atoms. The molecule has 1 aliphatic carbocycles. The summed E-state index contributed by atoms with van der Waals surface area (Å²) in [5.74, 6) is -2.26. The molecule has 0 saturated carbocycles. The van der Waals surface area contributed by atoms with Gasteiger partial charge in [-0.05, 0) is 53.6 Å². The van der Waals surface area contributed by atoms with Crippen molar-refractivity contribution in [1.82, 2.24) is 0 Å². The first-order valence-electron chi connectivity index (χ1n) is 25.1. The smallest absolute Gasteiger partial charge is 0.305 e. The van der Waals surface area contributed by atoms with Gasteiger partial charge in [0, 0.05) is 59.7 Å². The zero-order valence-corrected chi connectivity index (χ0v) is 40.4. The second-order valence-electron chi connectivity index (χ2n) is 19.0. The maximum absolute atomic E-state index is 13.1. The molecule has 0 aromatic heterocycles. The number of hydrogen-bond acceptors (Lipinski definition) is 13. The number of carbonyl (C=O) groups excluding carboxylic acids is 4. The fourth-order valence-electron chi connectivity index (χ4n) is 9.82. The number of ether oxygens (including phenoxy) is 4. The zero-order valence-electron chi connectivity index (χ0n) is 40.4.